The average Bonchev–Trinajstić information content (AvgIpc) is 2.89. The standard InChI is InChI=1S/C26H25N5O3/c1-30-24(32)14-23(22-9-10-27-16-28-22)29-26(30)31-11-3-4-20(15-31)25(33)19-6-5-18-13-21(34-2)8-7-17(18)12-19/h5-10,12-14,16,20H,3-4,11,15H2,1-2H3. The van der Waals surface area contributed by atoms with Gasteiger partial charge in [0, 0.05) is 43.9 Å². The van der Waals surface area contributed by atoms with Gasteiger partial charge < -0.3 is 9.64 Å². The van der Waals surface area contributed by atoms with Crippen molar-refractivity contribution >= 4 is 22.5 Å². The van der Waals surface area contributed by atoms with E-state index < -0.39 is 0 Å². The van der Waals surface area contributed by atoms with Crippen LogP contribution in [0.25, 0.3) is 22.2 Å². The van der Waals surface area contributed by atoms with Crippen LogP contribution in [0.1, 0.15) is 23.2 Å². The topological polar surface area (TPSA) is 90.2 Å². The van der Waals surface area contributed by atoms with Crippen molar-refractivity contribution < 1.29 is 9.53 Å². The van der Waals surface area contributed by atoms with Gasteiger partial charge in [-0.05, 0) is 47.9 Å². The number of Topliss-reactive ketones (excluding diaryl/α,β-unsaturated/α-hetero) is 1. The van der Waals surface area contributed by atoms with Crippen molar-refractivity contribution in [2.75, 3.05) is 25.1 Å². The third-order valence-electron chi connectivity index (χ3n) is 6.36. The summed E-state index contributed by atoms with van der Waals surface area (Å²) in [5, 5.41) is 2.03. The van der Waals surface area contributed by atoms with E-state index in [1.165, 1.54) is 17.0 Å². The van der Waals surface area contributed by atoms with Crippen molar-refractivity contribution in [3.05, 3.63) is 77.0 Å². The first-order valence-electron chi connectivity index (χ1n) is 11.2. The molecule has 0 aliphatic carbocycles. The van der Waals surface area contributed by atoms with Crippen molar-refractivity contribution in [1.29, 1.82) is 0 Å². The van der Waals surface area contributed by atoms with E-state index in [9.17, 15) is 9.59 Å². The zero-order valence-corrected chi connectivity index (χ0v) is 19.1. The zero-order chi connectivity index (χ0) is 23.7. The number of benzene rings is 2. The summed E-state index contributed by atoms with van der Waals surface area (Å²) >= 11 is 0. The number of aromatic nitrogens is 4. The largest absolute Gasteiger partial charge is 0.497 e. The van der Waals surface area contributed by atoms with Crippen LogP contribution in [-0.2, 0) is 7.05 Å². The van der Waals surface area contributed by atoms with Crippen LogP contribution in [0.4, 0.5) is 5.95 Å². The highest BCUT2D eigenvalue weighted by Gasteiger charge is 2.29. The van der Waals surface area contributed by atoms with Gasteiger partial charge in [-0.25, -0.2) is 15.0 Å². The van der Waals surface area contributed by atoms with Gasteiger partial charge in [-0.1, -0.05) is 18.2 Å². The van der Waals surface area contributed by atoms with E-state index >= 15 is 0 Å². The molecule has 1 saturated heterocycles. The minimum atomic E-state index is -0.177. The molecular formula is C26H25N5O3. The maximum Gasteiger partial charge on any atom is 0.255 e. The van der Waals surface area contributed by atoms with Gasteiger partial charge in [0.1, 0.15) is 12.1 Å². The molecule has 34 heavy (non-hydrogen) atoms. The number of hydrogen-bond donors (Lipinski definition) is 0. The van der Waals surface area contributed by atoms with Crippen molar-refractivity contribution in [3.63, 3.8) is 0 Å². The van der Waals surface area contributed by atoms with Crippen LogP contribution in [0.3, 0.4) is 0 Å². The van der Waals surface area contributed by atoms with Crippen molar-refractivity contribution in [1.82, 2.24) is 19.5 Å². The Morgan fingerprint density at radius 1 is 1.06 bits per heavy atom. The van der Waals surface area contributed by atoms with Crippen molar-refractivity contribution in [3.8, 4) is 17.1 Å². The number of hydrogen-bond acceptors (Lipinski definition) is 7. The summed E-state index contributed by atoms with van der Waals surface area (Å²) in [5.41, 5.74) is 1.61. The summed E-state index contributed by atoms with van der Waals surface area (Å²) in [7, 11) is 3.35. The van der Waals surface area contributed by atoms with E-state index in [1.807, 2.05) is 41.3 Å². The van der Waals surface area contributed by atoms with E-state index in [0.717, 1.165) is 35.9 Å². The first-order chi connectivity index (χ1) is 16.5. The molecule has 2 aromatic carbocycles. The van der Waals surface area contributed by atoms with Crippen LogP contribution in [-0.4, -0.2) is 45.5 Å². The minimum absolute atomic E-state index is 0.111. The predicted molar refractivity (Wildman–Crippen MR) is 130 cm³/mol. The molecule has 8 heteroatoms. The molecule has 0 bridgehead atoms. The maximum atomic E-state index is 13.4. The molecule has 1 aliphatic heterocycles. The van der Waals surface area contributed by atoms with Gasteiger partial charge in [0.2, 0.25) is 5.95 Å². The molecule has 0 radical (unpaired) electrons. The third kappa shape index (κ3) is 4.14. The fourth-order valence-electron chi connectivity index (χ4n) is 4.50. The Hall–Kier alpha value is -4.07. The van der Waals surface area contributed by atoms with E-state index in [1.54, 1.807) is 26.4 Å². The lowest BCUT2D eigenvalue weighted by Gasteiger charge is -2.33. The molecular weight excluding hydrogens is 430 g/mol. The normalized spacial score (nSPS) is 15.9. The molecule has 4 aromatic rings. The van der Waals surface area contributed by atoms with Crippen molar-refractivity contribution in [2.24, 2.45) is 13.0 Å². The molecule has 1 atom stereocenters. The molecule has 0 N–H and O–H groups in total. The second-order valence-corrected chi connectivity index (χ2v) is 8.51. The quantitative estimate of drug-likeness (QED) is 0.426. The highest BCUT2D eigenvalue weighted by Crippen LogP contribution is 2.27. The lowest BCUT2D eigenvalue weighted by atomic mass is 9.89. The van der Waals surface area contributed by atoms with Gasteiger partial charge >= 0.3 is 0 Å². The average molecular weight is 456 g/mol. The first-order valence-corrected chi connectivity index (χ1v) is 11.2. The van der Waals surface area contributed by atoms with Crippen LogP contribution in [0.2, 0.25) is 0 Å². The summed E-state index contributed by atoms with van der Waals surface area (Å²) in [4.78, 5) is 41.0. The van der Waals surface area contributed by atoms with Crippen LogP contribution in [0.15, 0.2) is 65.8 Å². The van der Waals surface area contributed by atoms with Gasteiger partial charge in [0.15, 0.2) is 5.78 Å². The number of piperidine rings is 1. The Kier molecular flexibility index (Phi) is 5.79. The Morgan fingerprint density at radius 2 is 1.88 bits per heavy atom. The number of anilines is 1. The Morgan fingerprint density at radius 3 is 2.68 bits per heavy atom. The summed E-state index contributed by atoms with van der Waals surface area (Å²) in [6.07, 6.45) is 4.70. The lowest BCUT2D eigenvalue weighted by Crippen LogP contribution is -2.42. The monoisotopic (exact) mass is 455 g/mol. The smallest absolute Gasteiger partial charge is 0.255 e. The lowest BCUT2D eigenvalue weighted by molar-refractivity contribution is 0.0907. The first kappa shape index (κ1) is 21.8. The van der Waals surface area contributed by atoms with Crippen LogP contribution < -0.4 is 15.2 Å². The van der Waals surface area contributed by atoms with Crippen LogP contribution in [0.5, 0.6) is 5.75 Å². The van der Waals surface area contributed by atoms with Crippen molar-refractivity contribution in [2.45, 2.75) is 12.8 Å². The number of carbonyl (C=O) groups excluding carboxylic acids is 1. The number of nitrogens with zero attached hydrogens (tertiary/aromatic N) is 5. The number of ketones is 1. The highest BCUT2D eigenvalue weighted by molar-refractivity contribution is 6.01. The second-order valence-electron chi connectivity index (χ2n) is 8.51. The van der Waals surface area contributed by atoms with Crippen LogP contribution in [0, 0.1) is 5.92 Å². The minimum Gasteiger partial charge on any atom is -0.497 e. The molecule has 172 valence electrons. The molecule has 3 heterocycles. The van der Waals surface area contributed by atoms with E-state index in [2.05, 4.69) is 9.97 Å². The summed E-state index contributed by atoms with van der Waals surface area (Å²) in [5.74, 6) is 1.27. The van der Waals surface area contributed by atoms with Gasteiger partial charge in [-0.2, -0.15) is 0 Å². The predicted octanol–water partition coefficient (Wildman–Crippen LogP) is 3.50. The number of carbonyl (C=O) groups is 1. The Balaban J connectivity index is 1.42. The summed E-state index contributed by atoms with van der Waals surface area (Å²) < 4.78 is 6.82. The molecule has 1 unspecified atom stereocenters. The molecule has 2 aromatic heterocycles. The highest BCUT2D eigenvalue weighted by atomic mass is 16.5. The third-order valence-corrected chi connectivity index (χ3v) is 6.36. The van der Waals surface area contributed by atoms with E-state index in [-0.39, 0.29) is 17.3 Å². The molecule has 0 spiro atoms. The fourth-order valence-corrected chi connectivity index (χ4v) is 4.50. The maximum absolute atomic E-state index is 13.4. The Labute approximate surface area is 196 Å². The van der Waals surface area contributed by atoms with Gasteiger partial charge in [0.05, 0.1) is 18.5 Å². The van der Waals surface area contributed by atoms with E-state index in [4.69, 9.17) is 9.72 Å². The molecule has 0 saturated carbocycles. The molecule has 0 amide bonds. The zero-order valence-electron chi connectivity index (χ0n) is 19.1. The van der Waals surface area contributed by atoms with Crippen LogP contribution >= 0.6 is 0 Å². The number of ether oxygens (including phenoxy) is 1. The van der Waals surface area contributed by atoms with Gasteiger partial charge in [-0.15, -0.1) is 0 Å². The van der Waals surface area contributed by atoms with Gasteiger partial charge in [-0.3, -0.25) is 14.2 Å². The Bertz CT molecular complexity index is 1420. The SMILES string of the molecule is COc1ccc2cc(C(=O)C3CCCN(c4nc(-c5ccncn5)cc(=O)n4C)C3)ccc2c1. The second kappa shape index (κ2) is 9.05. The van der Waals surface area contributed by atoms with E-state index in [0.29, 0.717) is 29.4 Å². The van der Waals surface area contributed by atoms with Gasteiger partial charge in [0.25, 0.3) is 5.56 Å². The molecule has 1 fully saturated rings. The molecule has 5 rings (SSSR count). The molecule has 8 nitrogen and oxygen atoms in total. The number of rotatable bonds is 5. The summed E-state index contributed by atoms with van der Waals surface area (Å²) in [6.45, 7) is 1.24. The fraction of sp³-hybridized carbons (Fsp3) is 0.269. The number of fused-ring (bicyclic) bond motifs is 1. The summed E-state index contributed by atoms with van der Waals surface area (Å²) in [6, 6.07) is 14.8. The molecule has 1 aliphatic rings. The number of methoxy groups -OCH3 is 1.